The van der Waals surface area contributed by atoms with E-state index >= 15 is 0 Å². The normalized spacial score (nSPS) is 11.7. The maximum absolute atomic E-state index is 12.8. The first-order valence-corrected chi connectivity index (χ1v) is 10.3. The quantitative estimate of drug-likeness (QED) is 0.615. The molecule has 0 saturated carbocycles. The number of carbonyl (C=O) groups excluding carboxylic acids is 1. The zero-order valence-electron chi connectivity index (χ0n) is 16.0. The van der Waals surface area contributed by atoms with Gasteiger partial charge in [0.2, 0.25) is 16.9 Å². The summed E-state index contributed by atoms with van der Waals surface area (Å²) in [4.78, 5) is 24.1. The lowest BCUT2D eigenvalue weighted by atomic mass is 10.1. The van der Waals surface area contributed by atoms with Gasteiger partial charge in [0.1, 0.15) is 0 Å². The molecule has 0 spiro atoms. The SMILES string of the molecule is COc1cc(C)nc(NC(=O)NS(=O)(=O)c2c(Cl)nc3ccc(C(C)C)nn23)n1. The number of hydrogen-bond acceptors (Lipinski definition) is 8. The monoisotopic (exact) mass is 439 g/mol. The van der Waals surface area contributed by atoms with Crippen LogP contribution in [0.2, 0.25) is 5.15 Å². The van der Waals surface area contributed by atoms with Crippen LogP contribution in [-0.2, 0) is 10.0 Å². The Balaban J connectivity index is 1.91. The third-order valence-corrected chi connectivity index (χ3v) is 5.46. The molecule has 0 fully saturated rings. The van der Waals surface area contributed by atoms with Crippen LogP contribution < -0.4 is 14.8 Å². The summed E-state index contributed by atoms with van der Waals surface area (Å²) >= 11 is 6.02. The second-order valence-electron chi connectivity index (χ2n) is 6.33. The van der Waals surface area contributed by atoms with Crippen LogP contribution in [0.4, 0.5) is 10.7 Å². The van der Waals surface area contributed by atoms with Gasteiger partial charge in [0.05, 0.1) is 12.8 Å². The predicted octanol–water partition coefficient (Wildman–Crippen LogP) is 2.12. The summed E-state index contributed by atoms with van der Waals surface area (Å²) in [5, 5.41) is 5.75. The van der Waals surface area contributed by atoms with Gasteiger partial charge >= 0.3 is 6.03 Å². The molecule has 0 aliphatic rings. The second-order valence-corrected chi connectivity index (χ2v) is 8.28. The lowest BCUT2D eigenvalue weighted by Gasteiger charge is -2.10. The van der Waals surface area contributed by atoms with Crippen molar-refractivity contribution in [3.05, 3.63) is 34.7 Å². The molecule has 154 valence electrons. The van der Waals surface area contributed by atoms with Crippen LogP contribution >= 0.6 is 11.6 Å². The number of halogens is 1. The summed E-state index contributed by atoms with van der Waals surface area (Å²) in [6.07, 6.45) is 0. The van der Waals surface area contributed by atoms with Gasteiger partial charge in [0.15, 0.2) is 10.8 Å². The number of hydrogen-bond donors (Lipinski definition) is 2. The van der Waals surface area contributed by atoms with E-state index in [2.05, 4.69) is 25.4 Å². The third-order valence-electron chi connectivity index (χ3n) is 3.76. The fraction of sp³-hybridized carbons (Fsp3) is 0.312. The Kier molecular flexibility index (Phi) is 5.57. The van der Waals surface area contributed by atoms with Gasteiger partial charge in [-0.2, -0.15) is 23.0 Å². The van der Waals surface area contributed by atoms with Gasteiger partial charge in [-0.25, -0.2) is 19.5 Å². The van der Waals surface area contributed by atoms with E-state index in [9.17, 15) is 13.2 Å². The van der Waals surface area contributed by atoms with Crippen LogP contribution in [0.15, 0.2) is 23.2 Å². The van der Waals surface area contributed by atoms with E-state index in [1.807, 2.05) is 18.6 Å². The van der Waals surface area contributed by atoms with Crippen molar-refractivity contribution in [1.82, 2.24) is 29.3 Å². The lowest BCUT2D eigenvalue weighted by Crippen LogP contribution is -2.35. The maximum Gasteiger partial charge on any atom is 0.335 e. The highest BCUT2D eigenvalue weighted by Crippen LogP contribution is 2.23. The van der Waals surface area contributed by atoms with Crippen molar-refractivity contribution in [1.29, 1.82) is 0 Å². The molecule has 0 bridgehead atoms. The average molecular weight is 440 g/mol. The van der Waals surface area contributed by atoms with Crippen molar-refractivity contribution >= 4 is 39.3 Å². The molecular formula is C16H18ClN7O4S. The predicted molar refractivity (Wildman–Crippen MR) is 105 cm³/mol. The summed E-state index contributed by atoms with van der Waals surface area (Å²) in [5.41, 5.74) is 1.38. The highest BCUT2D eigenvalue weighted by Gasteiger charge is 2.28. The summed E-state index contributed by atoms with van der Waals surface area (Å²) in [5.74, 6) is 0.130. The van der Waals surface area contributed by atoms with Crippen LogP contribution in [0, 0.1) is 6.92 Å². The lowest BCUT2D eigenvalue weighted by molar-refractivity contribution is 0.256. The summed E-state index contributed by atoms with van der Waals surface area (Å²) < 4.78 is 33.5. The highest BCUT2D eigenvalue weighted by molar-refractivity contribution is 7.90. The highest BCUT2D eigenvalue weighted by atomic mass is 35.5. The molecule has 0 aliphatic carbocycles. The van der Waals surface area contributed by atoms with Gasteiger partial charge in [-0.3, -0.25) is 5.32 Å². The van der Waals surface area contributed by atoms with E-state index < -0.39 is 21.1 Å². The van der Waals surface area contributed by atoms with E-state index in [4.69, 9.17) is 16.3 Å². The molecule has 3 aromatic rings. The van der Waals surface area contributed by atoms with Crippen LogP contribution in [0.3, 0.4) is 0 Å². The fourth-order valence-electron chi connectivity index (χ4n) is 2.43. The largest absolute Gasteiger partial charge is 0.481 e. The minimum absolute atomic E-state index is 0.0424. The first-order chi connectivity index (χ1) is 13.6. The van der Waals surface area contributed by atoms with E-state index in [-0.39, 0.29) is 28.5 Å². The van der Waals surface area contributed by atoms with Crippen LogP contribution in [-0.4, -0.2) is 46.1 Å². The molecule has 29 heavy (non-hydrogen) atoms. The first-order valence-electron chi connectivity index (χ1n) is 8.39. The summed E-state index contributed by atoms with van der Waals surface area (Å²) in [6.45, 7) is 5.48. The standard InChI is InChI=1S/C16H18ClN7O4S/c1-8(2)10-5-6-11-19-13(17)14(24(11)22-10)29(26,27)23-16(25)21-15-18-9(3)7-12(20-15)28-4/h5-8H,1-4H3,(H2,18,20,21,23,25). The van der Waals surface area contributed by atoms with Gasteiger partial charge in [0.25, 0.3) is 10.0 Å². The molecule has 13 heteroatoms. The zero-order chi connectivity index (χ0) is 21.3. The average Bonchev–Trinajstić information content (AvgIpc) is 2.95. The topological polar surface area (TPSA) is 140 Å². The molecule has 0 radical (unpaired) electrons. The molecule has 2 amide bonds. The van der Waals surface area contributed by atoms with Crippen molar-refractivity contribution in [2.24, 2.45) is 0 Å². The Morgan fingerprint density at radius 1 is 1.24 bits per heavy atom. The van der Waals surface area contributed by atoms with Crippen molar-refractivity contribution in [3.63, 3.8) is 0 Å². The number of nitrogens with zero attached hydrogens (tertiary/aromatic N) is 5. The number of rotatable bonds is 5. The molecule has 0 atom stereocenters. The van der Waals surface area contributed by atoms with Gasteiger partial charge in [-0.05, 0) is 25.0 Å². The molecule has 0 aromatic carbocycles. The van der Waals surface area contributed by atoms with E-state index in [1.54, 1.807) is 25.1 Å². The molecule has 3 heterocycles. The molecular weight excluding hydrogens is 422 g/mol. The number of aromatic nitrogens is 5. The Morgan fingerprint density at radius 3 is 2.62 bits per heavy atom. The molecule has 0 unspecified atom stereocenters. The smallest absolute Gasteiger partial charge is 0.335 e. The number of anilines is 1. The number of ether oxygens (including phenoxy) is 1. The minimum atomic E-state index is -4.40. The number of sulfonamides is 1. The number of urea groups is 1. The number of nitrogens with one attached hydrogen (secondary N) is 2. The number of methoxy groups -OCH3 is 1. The van der Waals surface area contributed by atoms with Crippen LogP contribution in [0.1, 0.15) is 31.2 Å². The number of fused-ring (bicyclic) bond motifs is 1. The summed E-state index contributed by atoms with van der Waals surface area (Å²) in [6, 6.07) is 3.79. The Bertz CT molecular complexity index is 1190. The molecule has 3 aromatic heterocycles. The Labute approximate surface area is 171 Å². The molecule has 0 aliphatic heterocycles. The van der Waals surface area contributed by atoms with E-state index in [0.717, 1.165) is 4.52 Å². The minimum Gasteiger partial charge on any atom is -0.481 e. The van der Waals surface area contributed by atoms with Crippen molar-refractivity contribution in [2.45, 2.75) is 31.7 Å². The van der Waals surface area contributed by atoms with Crippen molar-refractivity contribution in [2.75, 3.05) is 12.4 Å². The van der Waals surface area contributed by atoms with Gasteiger partial charge in [-0.1, -0.05) is 25.4 Å². The van der Waals surface area contributed by atoms with Crippen LogP contribution in [0.5, 0.6) is 5.88 Å². The summed E-state index contributed by atoms with van der Waals surface area (Å²) in [7, 11) is -3.00. The zero-order valence-corrected chi connectivity index (χ0v) is 17.5. The molecule has 11 nitrogen and oxygen atoms in total. The first kappa shape index (κ1) is 20.7. The Morgan fingerprint density at radius 2 is 1.97 bits per heavy atom. The number of imidazole rings is 1. The van der Waals surface area contributed by atoms with Gasteiger partial charge in [0, 0.05) is 11.8 Å². The van der Waals surface area contributed by atoms with Gasteiger partial charge < -0.3 is 4.74 Å². The maximum atomic E-state index is 12.8. The molecule has 0 saturated heterocycles. The number of carbonyl (C=O) groups is 1. The number of amides is 2. The van der Waals surface area contributed by atoms with E-state index in [0.29, 0.717) is 11.4 Å². The molecule has 3 rings (SSSR count). The number of aryl methyl sites for hydroxylation is 1. The third kappa shape index (κ3) is 4.38. The van der Waals surface area contributed by atoms with Gasteiger partial charge in [-0.15, -0.1) is 0 Å². The van der Waals surface area contributed by atoms with Crippen molar-refractivity contribution in [3.8, 4) is 5.88 Å². The Hall–Kier alpha value is -2.99. The van der Waals surface area contributed by atoms with E-state index in [1.165, 1.54) is 7.11 Å². The fourth-order valence-corrected chi connectivity index (χ4v) is 3.92. The van der Waals surface area contributed by atoms with Crippen LogP contribution in [0.25, 0.3) is 5.65 Å². The second kappa shape index (κ2) is 7.79. The molecule has 2 N–H and O–H groups in total. The van der Waals surface area contributed by atoms with Crippen molar-refractivity contribution < 1.29 is 17.9 Å².